The van der Waals surface area contributed by atoms with Gasteiger partial charge in [-0.3, -0.25) is 9.36 Å². The normalized spacial score (nSPS) is 10.9. The molecule has 4 aromatic rings. The lowest BCUT2D eigenvalue weighted by molar-refractivity contribution is -0.118. The Hall–Kier alpha value is -4.11. The van der Waals surface area contributed by atoms with E-state index in [1.54, 1.807) is 13.3 Å². The lowest BCUT2D eigenvalue weighted by atomic mass is 10.2. The number of methoxy groups -OCH3 is 1. The predicted octanol–water partition coefficient (Wildman–Crippen LogP) is 4.58. The number of hydrazone groups is 1. The van der Waals surface area contributed by atoms with E-state index < -0.39 is 0 Å². The van der Waals surface area contributed by atoms with Crippen LogP contribution >= 0.6 is 11.8 Å². The highest BCUT2D eigenvalue weighted by Gasteiger charge is 2.17. The van der Waals surface area contributed by atoms with E-state index in [0.717, 1.165) is 22.6 Å². The summed E-state index contributed by atoms with van der Waals surface area (Å²) in [5.41, 5.74) is 5.11. The topological polar surface area (TPSA) is 90.6 Å². The summed E-state index contributed by atoms with van der Waals surface area (Å²) in [6.45, 7) is 2.54. The highest BCUT2D eigenvalue weighted by atomic mass is 32.2. The number of aromatic nitrogens is 3. The number of rotatable bonds is 10. The van der Waals surface area contributed by atoms with Crippen molar-refractivity contribution in [2.24, 2.45) is 5.10 Å². The molecule has 9 heteroatoms. The van der Waals surface area contributed by atoms with Crippen LogP contribution in [0.5, 0.6) is 11.5 Å². The van der Waals surface area contributed by atoms with Crippen molar-refractivity contribution in [3.05, 3.63) is 84.4 Å². The molecule has 0 radical (unpaired) electrons. The molecule has 0 bridgehead atoms. The van der Waals surface area contributed by atoms with Gasteiger partial charge in [-0.15, -0.1) is 10.2 Å². The van der Waals surface area contributed by atoms with E-state index >= 15 is 0 Å². The van der Waals surface area contributed by atoms with Crippen LogP contribution in [-0.4, -0.2) is 46.4 Å². The maximum atomic E-state index is 12.5. The van der Waals surface area contributed by atoms with Crippen LogP contribution < -0.4 is 14.9 Å². The molecule has 1 heterocycles. The molecule has 1 aromatic heterocycles. The molecular weight excluding hydrogens is 462 g/mol. The van der Waals surface area contributed by atoms with Crippen molar-refractivity contribution in [1.82, 2.24) is 20.2 Å². The first-order valence-corrected chi connectivity index (χ1v) is 12.0. The van der Waals surface area contributed by atoms with E-state index in [0.29, 0.717) is 23.3 Å². The van der Waals surface area contributed by atoms with Gasteiger partial charge in [0.15, 0.2) is 11.0 Å². The summed E-state index contributed by atoms with van der Waals surface area (Å²) in [6, 6.07) is 24.9. The highest BCUT2D eigenvalue weighted by Crippen LogP contribution is 2.28. The molecule has 0 atom stereocenters. The lowest BCUT2D eigenvalue weighted by Gasteiger charge is -2.11. The first-order chi connectivity index (χ1) is 17.2. The average Bonchev–Trinajstić information content (AvgIpc) is 3.33. The molecule has 0 aliphatic carbocycles. The van der Waals surface area contributed by atoms with E-state index in [9.17, 15) is 4.79 Å². The summed E-state index contributed by atoms with van der Waals surface area (Å²) in [7, 11) is 1.59. The monoisotopic (exact) mass is 487 g/mol. The number of thioether (sulfide) groups is 1. The van der Waals surface area contributed by atoms with Gasteiger partial charge in [-0.1, -0.05) is 54.2 Å². The average molecular weight is 488 g/mol. The minimum atomic E-state index is -0.261. The molecule has 1 amide bonds. The molecule has 0 saturated heterocycles. The van der Waals surface area contributed by atoms with Crippen molar-refractivity contribution in [2.75, 3.05) is 19.5 Å². The number of nitrogens with one attached hydrogen (secondary N) is 1. The van der Waals surface area contributed by atoms with E-state index in [-0.39, 0.29) is 11.7 Å². The Balaban J connectivity index is 1.50. The molecular formula is C26H25N5O3S. The van der Waals surface area contributed by atoms with Crippen LogP contribution in [0.1, 0.15) is 12.5 Å². The Morgan fingerprint density at radius 3 is 2.51 bits per heavy atom. The molecule has 35 heavy (non-hydrogen) atoms. The number of nitrogens with zero attached hydrogens (tertiary/aromatic N) is 4. The largest absolute Gasteiger partial charge is 0.496 e. The van der Waals surface area contributed by atoms with E-state index in [1.165, 1.54) is 11.8 Å². The second-order valence-corrected chi connectivity index (χ2v) is 8.20. The summed E-state index contributed by atoms with van der Waals surface area (Å²) < 4.78 is 12.8. The Morgan fingerprint density at radius 2 is 1.77 bits per heavy atom. The smallest absolute Gasteiger partial charge is 0.250 e. The first kappa shape index (κ1) is 24.0. The summed E-state index contributed by atoms with van der Waals surface area (Å²) in [5, 5.41) is 13.4. The zero-order valence-electron chi connectivity index (χ0n) is 19.4. The fraction of sp³-hybridized carbons (Fsp3) is 0.154. The van der Waals surface area contributed by atoms with Crippen molar-refractivity contribution in [1.29, 1.82) is 0 Å². The summed E-state index contributed by atoms with van der Waals surface area (Å²) in [5.74, 6) is 2.01. The molecule has 4 rings (SSSR count). The van der Waals surface area contributed by atoms with Crippen LogP contribution in [0, 0.1) is 0 Å². The number of para-hydroxylation sites is 1. The number of ether oxygens (including phenoxy) is 2. The Kier molecular flexibility index (Phi) is 8.13. The van der Waals surface area contributed by atoms with Crippen molar-refractivity contribution < 1.29 is 14.3 Å². The van der Waals surface area contributed by atoms with Gasteiger partial charge in [-0.05, 0) is 43.3 Å². The molecule has 0 aliphatic rings. The molecule has 1 N–H and O–H groups in total. The third kappa shape index (κ3) is 6.07. The maximum absolute atomic E-state index is 12.5. The van der Waals surface area contributed by atoms with Crippen molar-refractivity contribution in [2.45, 2.75) is 12.1 Å². The molecule has 0 unspecified atom stereocenters. The van der Waals surface area contributed by atoms with Crippen LogP contribution in [0.2, 0.25) is 0 Å². The number of hydrogen-bond donors (Lipinski definition) is 1. The van der Waals surface area contributed by atoms with Gasteiger partial charge >= 0.3 is 0 Å². The van der Waals surface area contributed by atoms with Gasteiger partial charge in [0.05, 0.1) is 25.7 Å². The second-order valence-electron chi connectivity index (χ2n) is 7.26. The number of carbonyl (C=O) groups is 1. The fourth-order valence-corrected chi connectivity index (χ4v) is 4.08. The molecule has 3 aromatic carbocycles. The van der Waals surface area contributed by atoms with Crippen LogP contribution in [0.4, 0.5) is 0 Å². The highest BCUT2D eigenvalue weighted by molar-refractivity contribution is 7.99. The third-order valence-electron chi connectivity index (χ3n) is 4.94. The zero-order valence-corrected chi connectivity index (χ0v) is 20.2. The van der Waals surface area contributed by atoms with Gasteiger partial charge in [0.25, 0.3) is 5.91 Å². The van der Waals surface area contributed by atoms with E-state index in [4.69, 9.17) is 9.47 Å². The minimum absolute atomic E-state index is 0.118. The third-order valence-corrected chi connectivity index (χ3v) is 5.86. The minimum Gasteiger partial charge on any atom is -0.496 e. The number of hydrogen-bond acceptors (Lipinski definition) is 7. The number of carbonyl (C=O) groups excluding carboxylic acids is 1. The van der Waals surface area contributed by atoms with Gasteiger partial charge in [0.1, 0.15) is 11.5 Å². The van der Waals surface area contributed by atoms with Gasteiger partial charge < -0.3 is 9.47 Å². The molecule has 8 nitrogen and oxygen atoms in total. The van der Waals surface area contributed by atoms with Crippen LogP contribution in [0.15, 0.2) is 89.1 Å². The van der Waals surface area contributed by atoms with E-state index in [2.05, 4.69) is 20.7 Å². The maximum Gasteiger partial charge on any atom is 0.250 e. The Morgan fingerprint density at radius 1 is 1.03 bits per heavy atom. The van der Waals surface area contributed by atoms with Gasteiger partial charge in [-0.2, -0.15) is 5.10 Å². The van der Waals surface area contributed by atoms with Crippen LogP contribution in [0.25, 0.3) is 17.1 Å². The SMILES string of the molecule is CCOc1ccc(-n2c(SCC(=O)N/N=C\c3ccccc3OC)nnc2-c2ccccc2)cc1. The molecule has 178 valence electrons. The van der Waals surface area contributed by atoms with Crippen molar-refractivity contribution in [3.63, 3.8) is 0 Å². The lowest BCUT2D eigenvalue weighted by Crippen LogP contribution is -2.20. The molecule has 0 saturated carbocycles. The van der Waals surface area contributed by atoms with E-state index in [1.807, 2.05) is 90.4 Å². The molecule has 0 spiro atoms. The van der Waals surface area contributed by atoms with Gasteiger partial charge in [0, 0.05) is 16.8 Å². The van der Waals surface area contributed by atoms with Crippen molar-refractivity contribution >= 4 is 23.9 Å². The quantitative estimate of drug-likeness (QED) is 0.200. The second kappa shape index (κ2) is 11.8. The van der Waals surface area contributed by atoms with Gasteiger partial charge in [-0.25, -0.2) is 5.43 Å². The van der Waals surface area contributed by atoms with Crippen molar-refractivity contribution in [3.8, 4) is 28.6 Å². The summed E-state index contributed by atoms with van der Waals surface area (Å²) in [4.78, 5) is 12.5. The molecule has 0 fully saturated rings. The first-order valence-electron chi connectivity index (χ1n) is 11.0. The predicted molar refractivity (Wildman–Crippen MR) is 137 cm³/mol. The summed E-state index contributed by atoms with van der Waals surface area (Å²) in [6.07, 6.45) is 1.55. The number of amides is 1. The molecule has 0 aliphatic heterocycles. The number of benzene rings is 3. The van der Waals surface area contributed by atoms with Crippen LogP contribution in [0.3, 0.4) is 0 Å². The zero-order chi connectivity index (χ0) is 24.5. The van der Waals surface area contributed by atoms with Gasteiger partial charge in [0.2, 0.25) is 0 Å². The Bertz CT molecular complexity index is 1290. The van der Waals surface area contributed by atoms with Crippen LogP contribution in [-0.2, 0) is 4.79 Å². The standard InChI is InChI=1S/C26H25N5O3S/c1-3-34-22-15-13-21(14-16-22)31-25(19-9-5-4-6-10-19)29-30-26(31)35-18-24(32)28-27-17-20-11-7-8-12-23(20)33-2/h4-17H,3,18H2,1-2H3,(H,28,32)/b27-17-. The Labute approximate surface area is 208 Å². The fourth-order valence-electron chi connectivity index (χ4n) is 3.34. The summed E-state index contributed by atoms with van der Waals surface area (Å²) >= 11 is 1.28.